The minimum absolute atomic E-state index is 0.209. The fraction of sp³-hybridized carbons (Fsp3) is 0.423. The number of aromatic amines is 1. The molecule has 3 aromatic rings. The fourth-order valence-electron chi connectivity index (χ4n) is 4.82. The number of nitrogens with zero attached hydrogens (tertiary/aromatic N) is 4. The summed E-state index contributed by atoms with van der Waals surface area (Å²) in [5.41, 5.74) is 3.77. The van der Waals surface area contributed by atoms with E-state index in [1.807, 2.05) is 36.1 Å². The maximum Gasteiger partial charge on any atom is 0.343 e. The second-order valence-corrected chi connectivity index (χ2v) is 12.1. The smallest absolute Gasteiger partial charge is 0.342 e. The van der Waals surface area contributed by atoms with Gasteiger partial charge in [-0.25, -0.2) is 9.89 Å². The van der Waals surface area contributed by atoms with Crippen molar-refractivity contribution in [1.82, 2.24) is 24.0 Å². The van der Waals surface area contributed by atoms with Gasteiger partial charge in [-0.15, -0.1) is 0 Å². The van der Waals surface area contributed by atoms with E-state index in [1.165, 1.54) is 14.1 Å². The number of rotatable bonds is 8. The molecule has 10 nitrogen and oxygen atoms in total. The van der Waals surface area contributed by atoms with Crippen LogP contribution >= 0.6 is 0 Å². The number of aryl methyl sites for hydroxylation is 1. The molecule has 2 N–H and O–H groups in total. The molecule has 0 bridgehead atoms. The van der Waals surface area contributed by atoms with E-state index >= 15 is 0 Å². The van der Waals surface area contributed by atoms with Gasteiger partial charge >= 0.3 is 15.9 Å². The predicted octanol–water partition coefficient (Wildman–Crippen LogP) is 2.69. The minimum atomic E-state index is -3.61. The third kappa shape index (κ3) is 5.33. The molecule has 196 valence electrons. The molecule has 2 aliphatic rings. The Morgan fingerprint density at radius 3 is 2.59 bits per heavy atom. The molecular weight excluding hydrogens is 492 g/mol. The molecule has 11 heteroatoms. The maximum atomic E-state index is 12.6. The molecule has 1 saturated heterocycles. The number of nitrogens with one attached hydrogen (secondary N) is 2. The van der Waals surface area contributed by atoms with E-state index in [1.54, 1.807) is 22.8 Å². The first-order valence-electron chi connectivity index (χ1n) is 12.5. The highest BCUT2D eigenvalue weighted by atomic mass is 32.2. The Balaban J connectivity index is 1.36. The summed E-state index contributed by atoms with van der Waals surface area (Å²) in [6.45, 7) is 3.90. The molecule has 1 aliphatic heterocycles. The number of benzene rings is 2. The van der Waals surface area contributed by atoms with Crippen molar-refractivity contribution in [2.45, 2.75) is 32.7 Å². The van der Waals surface area contributed by atoms with Crippen molar-refractivity contribution in [3.8, 4) is 22.5 Å². The summed E-state index contributed by atoms with van der Waals surface area (Å²) in [7, 11) is -0.663. The average Bonchev–Trinajstić information content (AvgIpc) is 3.51. The summed E-state index contributed by atoms with van der Waals surface area (Å²) in [5.74, 6) is 1.26. The van der Waals surface area contributed by atoms with Gasteiger partial charge in [0.25, 0.3) is 0 Å². The van der Waals surface area contributed by atoms with Crippen LogP contribution in [0.25, 0.3) is 22.5 Å². The lowest BCUT2D eigenvalue weighted by Gasteiger charge is -2.17. The number of carbonyl (C=O) groups excluding carboxylic acids is 1. The molecule has 1 saturated carbocycles. The van der Waals surface area contributed by atoms with Gasteiger partial charge in [-0.2, -0.15) is 17.8 Å². The number of hydrogen-bond acceptors (Lipinski definition) is 5. The zero-order valence-corrected chi connectivity index (χ0v) is 22.1. The Morgan fingerprint density at radius 2 is 1.89 bits per heavy atom. The normalized spacial score (nSPS) is 17.9. The van der Waals surface area contributed by atoms with Crippen LogP contribution in [0.3, 0.4) is 0 Å². The molecule has 0 unspecified atom stereocenters. The third-order valence-electron chi connectivity index (χ3n) is 7.11. The molecular formula is C26H32N6O4S. The van der Waals surface area contributed by atoms with Gasteiger partial charge in [-0.3, -0.25) is 14.1 Å². The standard InChI is InChI=1S/C26H32N6O4S/c1-17-13-21(20-5-4-6-22(14-20)29-37(35,36)30(2)3)9-10-23(17)24-27-28-26(34)32(24)16-18-11-12-31(15-18)25(33)19-7-8-19/h4-6,9-10,13-14,18-19,29H,7-8,11-12,15-16H2,1-3H3,(H,28,34)/t18-/m1/s1. The van der Waals surface area contributed by atoms with Gasteiger partial charge in [-0.05, 0) is 60.9 Å². The van der Waals surface area contributed by atoms with Crippen molar-refractivity contribution in [2.75, 3.05) is 31.9 Å². The largest absolute Gasteiger partial charge is 0.343 e. The van der Waals surface area contributed by atoms with Gasteiger partial charge in [-0.1, -0.05) is 30.3 Å². The molecule has 2 heterocycles. The van der Waals surface area contributed by atoms with Crippen LogP contribution in [0.4, 0.5) is 5.69 Å². The van der Waals surface area contributed by atoms with E-state index in [-0.39, 0.29) is 23.4 Å². The van der Waals surface area contributed by atoms with Crippen molar-refractivity contribution < 1.29 is 13.2 Å². The fourth-order valence-corrected chi connectivity index (χ4v) is 5.43. The van der Waals surface area contributed by atoms with Gasteiger partial charge < -0.3 is 4.90 Å². The topological polar surface area (TPSA) is 120 Å². The SMILES string of the molecule is Cc1cc(-c2cccc(NS(=O)(=O)N(C)C)c2)ccc1-c1n[nH]c(=O)n1C[C@@H]1CCN(C(=O)C2CC2)C1. The molecule has 1 aliphatic carbocycles. The van der Waals surface area contributed by atoms with Crippen LogP contribution in [0.5, 0.6) is 0 Å². The molecule has 1 atom stereocenters. The van der Waals surface area contributed by atoms with Gasteiger partial charge in [0.2, 0.25) is 5.91 Å². The van der Waals surface area contributed by atoms with Crippen LogP contribution < -0.4 is 10.4 Å². The lowest BCUT2D eigenvalue weighted by Crippen LogP contribution is -2.31. The van der Waals surface area contributed by atoms with Crippen molar-refractivity contribution in [3.05, 3.63) is 58.5 Å². The van der Waals surface area contributed by atoms with Crippen molar-refractivity contribution in [2.24, 2.45) is 11.8 Å². The maximum absolute atomic E-state index is 12.6. The monoisotopic (exact) mass is 524 g/mol. The third-order valence-corrected chi connectivity index (χ3v) is 8.57. The molecule has 0 radical (unpaired) electrons. The van der Waals surface area contributed by atoms with Crippen LogP contribution in [-0.4, -0.2) is 65.5 Å². The Labute approximate surface area is 216 Å². The second-order valence-electron chi connectivity index (χ2n) is 10.2. The predicted molar refractivity (Wildman–Crippen MR) is 142 cm³/mol. The summed E-state index contributed by atoms with van der Waals surface area (Å²) in [6, 6.07) is 13.1. The van der Waals surface area contributed by atoms with E-state index in [9.17, 15) is 18.0 Å². The van der Waals surface area contributed by atoms with Gasteiger partial charge in [0.05, 0.1) is 5.69 Å². The zero-order chi connectivity index (χ0) is 26.3. The second kappa shape index (κ2) is 9.79. The highest BCUT2D eigenvalue weighted by Crippen LogP contribution is 2.33. The number of H-pyrrole nitrogens is 1. The molecule has 1 aromatic heterocycles. The van der Waals surface area contributed by atoms with E-state index < -0.39 is 10.2 Å². The number of anilines is 1. The van der Waals surface area contributed by atoms with Gasteiger partial charge in [0.15, 0.2) is 5.82 Å². The van der Waals surface area contributed by atoms with Crippen molar-refractivity contribution >= 4 is 21.8 Å². The summed E-state index contributed by atoms with van der Waals surface area (Å²) in [5, 5.41) is 6.91. The van der Waals surface area contributed by atoms with Gasteiger partial charge in [0.1, 0.15) is 0 Å². The quantitative estimate of drug-likeness (QED) is 0.469. The summed E-state index contributed by atoms with van der Waals surface area (Å²) >= 11 is 0. The van der Waals surface area contributed by atoms with Crippen LogP contribution in [0.15, 0.2) is 47.3 Å². The van der Waals surface area contributed by atoms with Crippen molar-refractivity contribution in [3.63, 3.8) is 0 Å². The molecule has 37 heavy (non-hydrogen) atoms. The summed E-state index contributed by atoms with van der Waals surface area (Å²) < 4.78 is 29.8. The van der Waals surface area contributed by atoms with Crippen LogP contribution in [0.1, 0.15) is 24.8 Å². The van der Waals surface area contributed by atoms with Crippen LogP contribution in [0.2, 0.25) is 0 Å². The molecule has 2 fully saturated rings. The van der Waals surface area contributed by atoms with E-state index in [0.29, 0.717) is 24.6 Å². The zero-order valence-electron chi connectivity index (χ0n) is 21.3. The first-order chi connectivity index (χ1) is 17.6. The van der Waals surface area contributed by atoms with E-state index in [2.05, 4.69) is 14.9 Å². The Hall–Kier alpha value is -3.44. The minimum Gasteiger partial charge on any atom is -0.342 e. The van der Waals surface area contributed by atoms with E-state index in [4.69, 9.17) is 0 Å². The van der Waals surface area contributed by atoms with E-state index in [0.717, 1.165) is 52.4 Å². The Kier molecular flexibility index (Phi) is 6.67. The summed E-state index contributed by atoms with van der Waals surface area (Å²) in [6.07, 6.45) is 2.87. The average molecular weight is 525 g/mol. The number of carbonyl (C=O) groups is 1. The first kappa shape index (κ1) is 25.2. The first-order valence-corrected chi connectivity index (χ1v) is 13.9. The van der Waals surface area contributed by atoms with Crippen LogP contribution in [0, 0.1) is 18.8 Å². The lowest BCUT2D eigenvalue weighted by atomic mass is 9.99. The Bertz CT molecular complexity index is 1490. The molecule has 5 rings (SSSR count). The number of aromatic nitrogens is 3. The number of amides is 1. The van der Waals surface area contributed by atoms with Crippen molar-refractivity contribution in [1.29, 1.82) is 0 Å². The lowest BCUT2D eigenvalue weighted by molar-refractivity contribution is -0.131. The number of hydrogen-bond donors (Lipinski definition) is 2. The summed E-state index contributed by atoms with van der Waals surface area (Å²) in [4.78, 5) is 27.0. The molecule has 2 aromatic carbocycles. The van der Waals surface area contributed by atoms with Crippen LogP contribution in [-0.2, 0) is 21.5 Å². The molecule has 0 spiro atoms. The Morgan fingerprint density at radius 1 is 1.14 bits per heavy atom. The molecule has 1 amide bonds. The highest BCUT2D eigenvalue weighted by molar-refractivity contribution is 7.90. The van der Waals surface area contributed by atoms with Gasteiger partial charge in [0, 0.05) is 45.2 Å². The highest BCUT2D eigenvalue weighted by Gasteiger charge is 2.36. The number of likely N-dealkylation sites (tertiary alicyclic amines) is 1.